The van der Waals surface area contributed by atoms with Gasteiger partial charge in [0.15, 0.2) is 23.1 Å². The van der Waals surface area contributed by atoms with Gasteiger partial charge in [-0.1, -0.05) is 6.92 Å². The van der Waals surface area contributed by atoms with E-state index in [2.05, 4.69) is 9.97 Å². The number of carboxylic acids is 2. The number of aromatic nitrogens is 2. The molecule has 0 fully saturated rings. The molecule has 1 atom stereocenters. The number of nitrogens with zero attached hydrogens (tertiary/aromatic N) is 2. The molecular formula is C28H28N2O10S2. The van der Waals surface area contributed by atoms with Gasteiger partial charge in [-0.2, -0.15) is 0 Å². The molecule has 0 bridgehead atoms. The lowest BCUT2D eigenvalue weighted by atomic mass is 10.0. The minimum absolute atomic E-state index is 0.0903. The highest BCUT2D eigenvalue weighted by molar-refractivity contribution is 7.21. The lowest BCUT2D eigenvalue weighted by Crippen LogP contribution is -2.13. The SMILES string of the molecule is COc1cc2sc(C(=O)CCC(=O)O)cc2nc1OCCCOc1nc2cc(C(=O)C[C@H](C)C(=O)O)sc2cc1OC. The first-order chi connectivity index (χ1) is 20.1. The number of pyridine rings is 2. The molecule has 222 valence electrons. The van der Waals surface area contributed by atoms with Crippen LogP contribution in [-0.2, 0) is 9.59 Å². The van der Waals surface area contributed by atoms with E-state index >= 15 is 0 Å². The minimum atomic E-state index is -1.03. The molecule has 0 saturated carbocycles. The predicted molar refractivity (Wildman–Crippen MR) is 155 cm³/mol. The summed E-state index contributed by atoms with van der Waals surface area (Å²) in [6.07, 6.45) is 0.0207. The monoisotopic (exact) mass is 616 g/mol. The van der Waals surface area contributed by atoms with E-state index in [1.807, 2.05) is 0 Å². The Kier molecular flexibility index (Phi) is 9.91. The van der Waals surface area contributed by atoms with Crippen LogP contribution in [0.5, 0.6) is 23.3 Å². The van der Waals surface area contributed by atoms with Crippen molar-refractivity contribution in [2.24, 2.45) is 5.92 Å². The Bertz CT molecular complexity index is 1640. The molecule has 42 heavy (non-hydrogen) atoms. The maximum absolute atomic E-state index is 12.5. The van der Waals surface area contributed by atoms with Crippen LogP contribution in [0.1, 0.15) is 52.0 Å². The van der Waals surface area contributed by atoms with E-state index in [1.165, 1.54) is 43.8 Å². The van der Waals surface area contributed by atoms with Gasteiger partial charge in [0, 0.05) is 31.4 Å². The Morgan fingerprint density at radius 1 is 0.786 bits per heavy atom. The second-order valence-electron chi connectivity index (χ2n) is 9.21. The number of aliphatic carboxylic acids is 2. The van der Waals surface area contributed by atoms with Crippen molar-refractivity contribution in [1.29, 1.82) is 0 Å². The van der Waals surface area contributed by atoms with Gasteiger partial charge in [-0.05, 0) is 12.1 Å². The smallest absolute Gasteiger partial charge is 0.306 e. The third-order valence-corrected chi connectivity index (χ3v) is 8.33. The Balaban J connectivity index is 1.37. The summed E-state index contributed by atoms with van der Waals surface area (Å²) in [5.41, 5.74) is 1.08. The van der Waals surface area contributed by atoms with Crippen LogP contribution in [0.2, 0.25) is 0 Å². The molecule has 0 radical (unpaired) electrons. The highest BCUT2D eigenvalue weighted by atomic mass is 32.1. The molecule has 4 rings (SSSR count). The molecule has 14 heteroatoms. The number of fused-ring (bicyclic) bond motifs is 2. The minimum Gasteiger partial charge on any atom is -0.491 e. The maximum Gasteiger partial charge on any atom is 0.306 e. The van der Waals surface area contributed by atoms with Gasteiger partial charge in [0.05, 0.1) is 70.0 Å². The zero-order chi connectivity index (χ0) is 30.4. The van der Waals surface area contributed by atoms with Crippen molar-refractivity contribution in [2.75, 3.05) is 27.4 Å². The van der Waals surface area contributed by atoms with E-state index in [0.29, 0.717) is 48.1 Å². The molecule has 0 spiro atoms. The van der Waals surface area contributed by atoms with E-state index in [-0.39, 0.29) is 55.8 Å². The summed E-state index contributed by atoms with van der Waals surface area (Å²) in [7, 11) is 2.96. The van der Waals surface area contributed by atoms with Crippen LogP contribution in [0.3, 0.4) is 0 Å². The molecule has 4 aromatic heterocycles. The highest BCUT2D eigenvalue weighted by Crippen LogP contribution is 2.36. The second-order valence-corrected chi connectivity index (χ2v) is 11.4. The number of ether oxygens (including phenoxy) is 4. The fraction of sp³-hybridized carbons (Fsp3) is 0.357. The summed E-state index contributed by atoms with van der Waals surface area (Å²) in [6, 6.07) is 6.68. The summed E-state index contributed by atoms with van der Waals surface area (Å²) in [6.45, 7) is 1.95. The zero-order valence-corrected chi connectivity index (χ0v) is 24.6. The highest BCUT2D eigenvalue weighted by Gasteiger charge is 2.21. The first kappa shape index (κ1) is 30.7. The normalized spacial score (nSPS) is 11.8. The average molecular weight is 617 g/mol. The van der Waals surface area contributed by atoms with Crippen LogP contribution < -0.4 is 18.9 Å². The first-order valence-corrected chi connectivity index (χ1v) is 14.5. The summed E-state index contributed by atoms with van der Waals surface area (Å²) < 4.78 is 23.9. The van der Waals surface area contributed by atoms with Crippen LogP contribution in [0.4, 0.5) is 0 Å². The van der Waals surface area contributed by atoms with Crippen molar-refractivity contribution in [2.45, 2.75) is 32.6 Å². The van der Waals surface area contributed by atoms with Gasteiger partial charge < -0.3 is 29.2 Å². The Labute approximate surface area is 247 Å². The standard InChI is InChI=1S/C28H28N2O10S2/c1-14(28(35)36)9-18(32)24-11-16-22(42-24)13-20(38-3)27(30-16)40-8-4-7-39-26-19(37-2)12-21-15(29-26)10-23(41-21)17(31)5-6-25(33)34/h10-14H,4-9H2,1-3H3,(H,33,34)(H,35,36)/t14-/m0/s1. The second kappa shape index (κ2) is 13.6. The molecule has 12 nitrogen and oxygen atoms in total. The van der Waals surface area contributed by atoms with Crippen molar-refractivity contribution >= 4 is 66.6 Å². The van der Waals surface area contributed by atoms with Gasteiger partial charge >= 0.3 is 11.9 Å². The van der Waals surface area contributed by atoms with E-state index in [4.69, 9.17) is 29.2 Å². The molecule has 0 aliphatic rings. The quantitative estimate of drug-likeness (QED) is 0.126. The van der Waals surface area contributed by atoms with Gasteiger partial charge in [0.25, 0.3) is 11.8 Å². The summed E-state index contributed by atoms with van der Waals surface area (Å²) in [5.74, 6) is -2.10. The molecular weight excluding hydrogens is 588 g/mol. The average Bonchev–Trinajstić information content (AvgIpc) is 3.58. The number of carbonyl (C=O) groups is 4. The molecule has 4 aromatic rings. The van der Waals surface area contributed by atoms with Crippen molar-refractivity contribution < 1.29 is 48.3 Å². The van der Waals surface area contributed by atoms with Gasteiger partial charge in [-0.25, -0.2) is 9.97 Å². The van der Waals surface area contributed by atoms with Gasteiger partial charge in [0.1, 0.15) is 0 Å². The van der Waals surface area contributed by atoms with Gasteiger partial charge in [-0.3, -0.25) is 19.2 Å². The first-order valence-electron chi connectivity index (χ1n) is 12.8. The number of thiophene rings is 2. The lowest BCUT2D eigenvalue weighted by Gasteiger charge is -2.11. The molecule has 0 unspecified atom stereocenters. The van der Waals surface area contributed by atoms with Crippen molar-refractivity contribution in [3.63, 3.8) is 0 Å². The van der Waals surface area contributed by atoms with E-state index in [9.17, 15) is 19.2 Å². The molecule has 2 N–H and O–H groups in total. The van der Waals surface area contributed by atoms with Crippen LogP contribution in [0.15, 0.2) is 24.3 Å². The third kappa shape index (κ3) is 7.31. The Morgan fingerprint density at radius 2 is 1.29 bits per heavy atom. The van der Waals surface area contributed by atoms with Crippen molar-refractivity contribution in [3.8, 4) is 23.3 Å². The molecule has 0 aliphatic heterocycles. The number of carbonyl (C=O) groups excluding carboxylic acids is 2. The number of methoxy groups -OCH3 is 2. The Morgan fingerprint density at radius 3 is 1.74 bits per heavy atom. The molecule has 0 aromatic carbocycles. The van der Waals surface area contributed by atoms with Crippen LogP contribution in [-0.4, -0.2) is 71.1 Å². The van der Waals surface area contributed by atoms with E-state index in [0.717, 1.165) is 0 Å². The number of hydrogen-bond donors (Lipinski definition) is 2. The number of carboxylic acid groups (broad SMARTS) is 2. The predicted octanol–water partition coefficient (Wildman–Crippen LogP) is 5.11. The van der Waals surface area contributed by atoms with Crippen molar-refractivity contribution in [1.82, 2.24) is 9.97 Å². The molecule has 0 saturated heterocycles. The third-order valence-electron chi connectivity index (χ3n) is 6.11. The largest absolute Gasteiger partial charge is 0.491 e. The fourth-order valence-corrected chi connectivity index (χ4v) is 5.82. The number of rotatable bonds is 16. The van der Waals surface area contributed by atoms with Crippen LogP contribution >= 0.6 is 22.7 Å². The topological polar surface area (TPSA) is 171 Å². The summed E-state index contributed by atoms with van der Waals surface area (Å²) >= 11 is 2.43. The fourth-order valence-electron chi connectivity index (χ4n) is 3.84. The summed E-state index contributed by atoms with van der Waals surface area (Å²) in [5, 5.41) is 17.9. The van der Waals surface area contributed by atoms with Gasteiger partial charge in [-0.15, -0.1) is 22.7 Å². The number of Topliss-reactive ketones (excluding diaryl/α,β-unsaturated/α-hetero) is 2. The lowest BCUT2D eigenvalue weighted by molar-refractivity contribution is -0.141. The van der Waals surface area contributed by atoms with Crippen LogP contribution in [0, 0.1) is 5.92 Å². The molecule has 0 aliphatic carbocycles. The van der Waals surface area contributed by atoms with E-state index in [1.54, 1.807) is 24.3 Å². The zero-order valence-electron chi connectivity index (χ0n) is 23.0. The van der Waals surface area contributed by atoms with Gasteiger partial charge in [0.2, 0.25) is 0 Å². The molecule has 0 amide bonds. The Hall–Kier alpha value is -4.30. The van der Waals surface area contributed by atoms with Crippen molar-refractivity contribution in [3.05, 3.63) is 34.0 Å². The maximum atomic E-state index is 12.5. The number of ketones is 2. The number of hydrogen-bond acceptors (Lipinski definition) is 12. The van der Waals surface area contributed by atoms with E-state index < -0.39 is 17.9 Å². The van der Waals surface area contributed by atoms with Crippen LogP contribution in [0.25, 0.3) is 20.4 Å². The summed E-state index contributed by atoms with van der Waals surface area (Å²) in [4.78, 5) is 56.5. The molecule has 4 heterocycles.